The monoisotopic (exact) mass is 102 g/mol. The fraction of sp³-hybridized carbons (Fsp3) is 0.667. The van der Waals surface area contributed by atoms with Gasteiger partial charge in [-0.25, -0.2) is 0 Å². The second-order valence-electron chi connectivity index (χ2n) is 1.12. The summed E-state index contributed by atoms with van der Waals surface area (Å²) in [4.78, 5) is 0. The van der Waals surface area contributed by atoms with E-state index >= 15 is 0 Å². The standard InChI is InChI=1S/C4H8O.C2H6/c1-4(2)3-5;1-2/h5H,1,3H2,2H3;1-2H3. The first-order valence-corrected chi connectivity index (χ1v) is 2.52. The predicted molar refractivity (Wildman–Crippen MR) is 33.2 cm³/mol. The first-order chi connectivity index (χ1) is 3.27. The molecule has 0 saturated heterocycles. The molecular formula is C6H14O. The van der Waals surface area contributed by atoms with E-state index in [1.54, 1.807) is 6.92 Å². The van der Waals surface area contributed by atoms with Crippen molar-refractivity contribution in [2.75, 3.05) is 6.61 Å². The van der Waals surface area contributed by atoms with E-state index in [-0.39, 0.29) is 6.61 Å². The summed E-state index contributed by atoms with van der Waals surface area (Å²) < 4.78 is 0. The van der Waals surface area contributed by atoms with Crippen LogP contribution in [0.3, 0.4) is 0 Å². The van der Waals surface area contributed by atoms with Gasteiger partial charge >= 0.3 is 0 Å². The van der Waals surface area contributed by atoms with Gasteiger partial charge in [-0.1, -0.05) is 26.0 Å². The van der Waals surface area contributed by atoms with Crippen LogP contribution in [0.2, 0.25) is 0 Å². The maximum atomic E-state index is 8.04. The lowest BCUT2D eigenvalue weighted by Gasteiger charge is -1.79. The average molecular weight is 102 g/mol. The number of aliphatic hydroxyl groups excluding tert-OH is 1. The smallest absolute Gasteiger partial charge is 0.0636 e. The van der Waals surface area contributed by atoms with Gasteiger partial charge < -0.3 is 5.11 Å². The summed E-state index contributed by atoms with van der Waals surface area (Å²) >= 11 is 0. The molecule has 0 aliphatic heterocycles. The van der Waals surface area contributed by atoms with Gasteiger partial charge in [-0.05, 0) is 6.92 Å². The van der Waals surface area contributed by atoms with Gasteiger partial charge in [0.05, 0.1) is 6.61 Å². The highest BCUT2D eigenvalue weighted by molar-refractivity contribution is 4.85. The number of hydrogen-bond acceptors (Lipinski definition) is 1. The molecule has 44 valence electrons. The second-order valence-corrected chi connectivity index (χ2v) is 1.12. The molecule has 0 fully saturated rings. The maximum Gasteiger partial charge on any atom is 0.0636 e. The third-order valence-electron chi connectivity index (χ3n) is 0.270. The Morgan fingerprint density at radius 2 is 1.71 bits per heavy atom. The van der Waals surface area contributed by atoms with Crippen molar-refractivity contribution < 1.29 is 5.11 Å². The molecule has 0 spiro atoms. The molecule has 0 aromatic rings. The molecule has 0 unspecified atom stereocenters. The molecule has 0 aromatic heterocycles. The Bertz CT molecular complexity index is 39.4. The van der Waals surface area contributed by atoms with Gasteiger partial charge in [-0.2, -0.15) is 0 Å². The highest BCUT2D eigenvalue weighted by atomic mass is 16.3. The summed E-state index contributed by atoms with van der Waals surface area (Å²) in [7, 11) is 0. The Morgan fingerprint density at radius 3 is 1.71 bits per heavy atom. The fourth-order valence-corrected chi connectivity index (χ4v) is 0. The second kappa shape index (κ2) is 9.20. The summed E-state index contributed by atoms with van der Waals surface area (Å²) in [5, 5.41) is 8.04. The van der Waals surface area contributed by atoms with E-state index in [9.17, 15) is 0 Å². The molecule has 1 nitrogen and oxygen atoms in total. The molecule has 0 aliphatic rings. The molecule has 1 heteroatoms. The fourth-order valence-electron chi connectivity index (χ4n) is 0. The van der Waals surface area contributed by atoms with Crippen LogP contribution in [0, 0.1) is 0 Å². The van der Waals surface area contributed by atoms with Crippen LogP contribution >= 0.6 is 0 Å². The lowest BCUT2D eigenvalue weighted by molar-refractivity contribution is 0.332. The highest BCUT2D eigenvalue weighted by Crippen LogP contribution is 1.76. The molecule has 1 N–H and O–H groups in total. The molecule has 0 aliphatic carbocycles. The third kappa shape index (κ3) is 27.0. The van der Waals surface area contributed by atoms with E-state index in [1.807, 2.05) is 13.8 Å². The minimum Gasteiger partial charge on any atom is -0.392 e. The maximum absolute atomic E-state index is 8.04. The zero-order valence-electron chi connectivity index (χ0n) is 5.36. The minimum absolute atomic E-state index is 0.111. The lowest BCUT2D eigenvalue weighted by Crippen LogP contribution is -1.76. The molecule has 0 aromatic carbocycles. The van der Waals surface area contributed by atoms with Crippen LogP contribution < -0.4 is 0 Å². The van der Waals surface area contributed by atoms with Crippen LogP contribution in [-0.4, -0.2) is 11.7 Å². The Balaban J connectivity index is 0. The average Bonchev–Trinajstić information content (AvgIpc) is 1.73. The van der Waals surface area contributed by atoms with E-state index in [4.69, 9.17) is 5.11 Å². The van der Waals surface area contributed by atoms with Gasteiger partial charge in [0.1, 0.15) is 0 Å². The van der Waals surface area contributed by atoms with Crippen molar-refractivity contribution in [1.82, 2.24) is 0 Å². The summed E-state index contributed by atoms with van der Waals surface area (Å²) in [5.41, 5.74) is 0.810. The van der Waals surface area contributed by atoms with Crippen molar-refractivity contribution in [1.29, 1.82) is 0 Å². The van der Waals surface area contributed by atoms with E-state index in [2.05, 4.69) is 6.58 Å². The SMILES string of the molecule is C=C(C)CO.CC. The molecule has 0 bridgehead atoms. The Hall–Kier alpha value is -0.300. The third-order valence-corrected chi connectivity index (χ3v) is 0.270. The highest BCUT2D eigenvalue weighted by Gasteiger charge is 1.69. The summed E-state index contributed by atoms with van der Waals surface area (Å²) in [5.74, 6) is 0. The molecule has 0 saturated carbocycles. The van der Waals surface area contributed by atoms with Gasteiger partial charge in [0.2, 0.25) is 0 Å². The van der Waals surface area contributed by atoms with Crippen LogP contribution in [0.4, 0.5) is 0 Å². The van der Waals surface area contributed by atoms with Gasteiger partial charge in [-0.3, -0.25) is 0 Å². The van der Waals surface area contributed by atoms with Crippen molar-refractivity contribution in [3.05, 3.63) is 12.2 Å². The van der Waals surface area contributed by atoms with Crippen molar-refractivity contribution in [2.24, 2.45) is 0 Å². The number of rotatable bonds is 1. The molecule has 0 atom stereocenters. The number of hydrogen-bond donors (Lipinski definition) is 1. The van der Waals surface area contributed by atoms with Crippen LogP contribution in [-0.2, 0) is 0 Å². The Kier molecular flexibility index (Phi) is 12.9. The first-order valence-electron chi connectivity index (χ1n) is 2.52. The van der Waals surface area contributed by atoms with E-state index in [1.165, 1.54) is 0 Å². The Morgan fingerprint density at radius 1 is 1.57 bits per heavy atom. The normalized spacial score (nSPS) is 6.29. The first kappa shape index (κ1) is 9.85. The van der Waals surface area contributed by atoms with Crippen LogP contribution in [0.25, 0.3) is 0 Å². The van der Waals surface area contributed by atoms with Gasteiger partial charge in [0.15, 0.2) is 0 Å². The molecule has 0 amide bonds. The summed E-state index contributed by atoms with van der Waals surface area (Å²) in [6.45, 7) is 9.31. The molecular weight excluding hydrogens is 88.1 g/mol. The number of aliphatic hydroxyl groups is 1. The van der Waals surface area contributed by atoms with Crippen molar-refractivity contribution in [2.45, 2.75) is 20.8 Å². The van der Waals surface area contributed by atoms with Crippen molar-refractivity contribution in [3.63, 3.8) is 0 Å². The summed E-state index contributed by atoms with van der Waals surface area (Å²) in [6, 6.07) is 0. The quantitative estimate of drug-likeness (QED) is 0.498. The van der Waals surface area contributed by atoms with Crippen molar-refractivity contribution in [3.8, 4) is 0 Å². The molecule has 0 rings (SSSR count). The zero-order valence-corrected chi connectivity index (χ0v) is 5.36. The van der Waals surface area contributed by atoms with E-state index in [0.29, 0.717) is 0 Å². The van der Waals surface area contributed by atoms with E-state index < -0.39 is 0 Å². The van der Waals surface area contributed by atoms with E-state index in [0.717, 1.165) is 5.57 Å². The summed E-state index contributed by atoms with van der Waals surface area (Å²) in [6.07, 6.45) is 0. The van der Waals surface area contributed by atoms with Crippen LogP contribution in [0.5, 0.6) is 0 Å². The molecule has 7 heavy (non-hydrogen) atoms. The van der Waals surface area contributed by atoms with Crippen LogP contribution in [0.15, 0.2) is 12.2 Å². The lowest BCUT2D eigenvalue weighted by atomic mass is 10.4. The van der Waals surface area contributed by atoms with Crippen molar-refractivity contribution >= 4 is 0 Å². The molecule has 0 heterocycles. The zero-order chi connectivity index (χ0) is 6.28. The van der Waals surface area contributed by atoms with Gasteiger partial charge in [-0.15, -0.1) is 0 Å². The topological polar surface area (TPSA) is 20.2 Å². The minimum atomic E-state index is 0.111. The van der Waals surface area contributed by atoms with Gasteiger partial charge in [0, 0.05) is 0 Å². The largest absolute Gasteiger partial charge is 0.392 e. The molecule has 0 radical (unpaired) electrons. The predicted octanol–water partition coefficient (Wildman–Crippen LogP) is 1.58. The van der Waals surface area contributed by atoms with Gasteiger partial charge in [0.25, 0.3) is 0 Å². The van der Waals surface area contributed by atoms with Crippen LogP contribution in [0.1, 0.15) is 20.8 Å². The Labute approximate surface area is 45.7 Å².